The topological polar surface area (TPSA) is 77.5 Å². The van der Waals surface area contributed by atoms with E-state index in [4.69, 9.17) is 0 Å². The maximum absolute atomic E-state index is 12.3. The van der Waals surface area contributed by atoms with Gasteiger partial charge in [0, 0.05) is 32.0 Å². The maximum Gasteiger partial charge on any atom is 0.263 e. The lowest BCUT2D eigenvalue weighted by molar-refractivity contribution is 0.0958. The summed E-state index contributed by atoms with van der Waals surface area (Å²) < 4.78 is 0. The van der Waals surface area contributed by atoms with Gasteiger partial charge in [0.15, 0.2) is 5.13 Å². The number of amides is 1. The Morgan fingerprint density at radius 3 is 2.70 bits per heavy atom. The molecule has 1 aromatic heterocycles. The number of phenols is 1. The molecule has 3 N–H and O–H groups in total. The molecule has 0 aliphatic heterocycles. The molecule has 3 aromatic rings. The Balaban J connectivity index is 1.54. The number of nitrogens with one attached hydrogen (secondary N) is 2. The van der Waals surface area contributed by atoms with Crippen molar-refractivity contribution in [2.75, 3.05) is 30.9 Å². The van der Waals surface area contributed by atoms with Crippen molar-refractivity contribution in [3.63, 3.8) is 0 Å². The molecule has 2 aromatic carbocycles. The first-order valence-corrected chi connectivity index (χ1v) is 9.39. The van der Waals surface area contributed by atoms with Crippen LogP contribution in [0.5, 0.6) is 5.75 Å². The van der Waals surface area contributed by atoms with Crippen LogP contribution in [0.3, 0.4) is 0 Å². The summed E-state index contributed by atoms with van der Waals surface area (Å²) in [6.45, 7) is 0.523. The Bertz CT molecular complexity index is 906. The van der Waals surface area contributed by atoms with Gasteiger partial charge in [-0.15, -0.1) is 0 Å². The third-order valence-corrected chi connectivity index (χ3v) is 4.89. The number of rotatable bonds is 7. The highest BCUT2D eigenvalue weighted by molar-refractivity contribution is 7.17. The fraction of sp³-hybridized carbons (Fsp3) is 0.200. The first-order chi connectivity index (χ1) is 13.0. The molecule has 7 heteroatoms. The molecule has 0 aliphatic rings. The van der Waals surface area contributed by atoms with Gasteiger partial charge in [-0.3, -0.25) is 4.79 Å². The van der Waals surface area contributed by atoms with Gasteiger partial charge >= 0.3 is 0 Å². The minimum Gasteiger partial charge on any atom is -0.508 e. The van der Waals surface area contributed by atoms with E-state index in [1.165, 1.54) is 11.3 Å². The Labute approximate surface area is 162 Å². The zero-order valence-electron chi connectivity index (χ0n) is 15.3. The van der Waals surface area contributed by atoms with E-state index in [9.17, 15) is 9.90 Å². The predicted octanol–water partition coefficient (Wildman–Crippen LogP) is 3.63. The quantitative estimate of drug-likeness (QED) is 0.582. The molecule has 1 amide bonds. The summed E-state index contributed by atoms with van der Waals surface area (Å²) in [5.74, 6) is 0.102. The summed E-state index contributed by atoms with van der Waals surface area (Å²) in [6, 6.07) is 15.0. The minimum absolute atomic E-state index is 0.138. The summed E-state index contributed by atoms with van der Waals surface area (Å²) in [5.41, 5.74) is 3.07. The Hall–Kier alpha value is -3.06. The molecule has 0 aliphatic carbocycles. The third-order valence-electron chi connectivity index (χ3n) is 3.98. The molecule has 0 fully saturated rings. The van der Waals surface area contributed by atoms with E-state index in [2.05, 4.69) is 15.6 Å². The Morgan fingerprint density at radius 2 is 1.96 bits per heavy atom. The summed E-state index contributed by atoms with van der Waals surface area (Å²) in [5, 5.41) is 16.1. The summed E-state index contributed by atoms with van der Waals surface area (Å²) in [4.78, 5) is 19.2. The van der Waals surface area contributed by atoms with E-state index in [1.807, 2.05) is 55.4 Å². The number of carbonyl (C=O) groups is 1. The van der Waals surface area contributed by atoms with Gasteiger partial charge in [-0.05, 0) is 42.3 Å². The van der Waals surface area contributed by atoms with Gasteiger partial charge in [0.1, 0.15) is 10.6 Å². The number of hydrogen-bond acceptors (Lipinski definition) is 6. The Kier molecular flexibility index (Phi) is 5.93. The molecular formula is C20H22N4O2S. The molecule has 27 heavy (non-hydrogen) atoms. The lowest BCUT2D eigenvalue weighted by Gasteiger charge is -2.13. The van der Waals surface area contributed by atoms with E-state index in [0.29, 0.717) is 23.0 Å². The van der Waals surface area contributed by atoms with Crippen LogP contribution in [0.4, 0.5) is 16.5 Å². The number of aromatic hydroxyl groups is 1. The largest absolute Gasteiger partial charge is 0.508 e. The number of hydrogen-bond donors (Lipinski definition) is 3. The van der Waals surface area contributed by atoms with Gasteiger partial charge < -0.3 is 20.6 Å². The predicted molar refractivity (Wildman–Crippen MR) is 110 cm³/mol. The van der Waals surface area contributed by atoms with Crippen molar-refractivity contribution in [3.8, 4) is 5.75 Å². The molecule has 1 heterocycles. The highest BCUT2D eigenvalue weighted by atomic mass is 32.1. The van der Waals surface area contributed by atoms with Crippen LogP contribution in [0, 0.1) is 0 Å². The third kappa shape index (κ3) is 5.21. The van der Waals surface area contributed by atoms with Crippen molar-refractivity contribution in [1.82, 2.24) is 10.3 Å². The fourth-order valence-corrected chi connectivity index (χ4v) is 3.25. The maximum atomic E-state index is 12.3. The Morgan fingerprint density at radius 1 is 1.19 bits per heavy atom. The van der Waals surface area contributed by atoms with Gasteiger partial charge in [0.25, 0.3) is 5.91 Å². The van der Waals surface area contributed by atoms with Gasteiger partial charge in [0.2, 0.25) is 0 Å². The highest BCUT2D eigenvalue weighted by Gasteiger charge is 2.10. The normalized spacial score (nSPS) is 10.4. The molecule has 6 nitrogen and oxygen atoms in total. The molecule has 0 saturated carbocycles. The summed E-state index contributed by atoms with van der Waals surface area (Å²) in [7, 11) is 3.98. The number of aromatic nitrogens is 1. The average molecular weight is 382 g/mol. The van der Waals surface area contributed by atoms with E-state index in [1.54, 1.807) is 18.3 Å². The molecule has 3 rings (SSSR count). The lowest BCUT2D eigenvalue weighted by atomic mass is 10.1. The molecule has 0 atom stereocenters. The number of carbonyl (C=O) groups excluding carboxylic acids is 1. The standard InChI is InChI=1S/C20H22N4O2S/c1-24(2)16-5-3-4-15(12-16)23-20-22-13-18(27-20)19(26)21-11-10-14-6-8-17(25)9-7-14/h3-9,12-13,25H,10-11H2,1-2H3,(H,21,26)(H,22,23). The first kappa shape index (κ1) is 18.7. The number of nitrogens with zero attached hydrogens (tertiary/aromatic N) is 2. The summed E-state index contributed by atoms with van der Waals surface area (Å²) in [6.07, 6.45) is 2.28. The van der Waals surface area contributed by atoms with Crippen molar-refractivity contribution < 1.29 is 9.90 Å². The lowest BCUT2D eigenvalue weighted by Crippen LogP contribution is -2.24. The number of thiazole rings is 1. The van der Waals surface area contributed by atoms with Gasteiger partial charge in [0.05, 0.1) is 6.20 Å². The summed E-state index contributed by atoms with van der Waals surface area (Å²) >= 11 is 1.32. The van der Waals surface area contributed by atoms with Gasteiger partial charge in [-0.2, -0.15) is 0 Å². The molecule has 140 valence electrons. The van der Waals surface area contributed by atoms with Crippen LogP contribution in [0.25, 0.3) is 0 Å². The highest BCUT2D eigenvalue weighted by Crippen LogP contribution is 2.25. The van der Waals surface area contributed by atoms with Gasteiger partial charge in [-0.1, -0.05) is 29.5 Å². The van der Waals surface area contributed by atoms with Crippen LogP contribution >= 0.6 is 11.3 Å². The van der Waals surface area contributed by atoms with Crippen LogP contribution < -0.4 is 15.5 Å². The van der Waals surface area contributed by atoms with Crippen molar-refractivity contribution in [3.05, 3.63) is 65.2 Å². The second kappa shape index (κ2) is 8.55. The van der Waals surface area contributed by atoms with Crippen LogP contribution in [-0.4, -0.2) is 36.6 Å². The van der Waals surface area contributed by atoms with Crippen molar-refractivity contribution in [2.45, 2.75) is 6.42 Å². The molecule has 0 bridgehead atoms. The van der Waals surface area contributed by atoms with E-state index >= 15 is 0 Å². The number of benzene rings is 2. The minimum atomic E-state index is -0.138. The molecule has 0 unspecified atom stereocenters. The fourth-order valence-electron chi connectivity index (χ4n) is 2.49. The van der Waals surface area contributed by atoms with Gasteiger partial charge in [-0.25, -0.2) is 4.98 Å². The molecule has 0 spiro atoms. The average Bonchev–Trinajstić information content (AvgIpc) is 3.12. The smallest absolute Gasteiger partial charge is 0.263 e. The molecule has 0 saturated heterocycles. The monoisotopic (exact) mass is 382 g/mol. The van der Waals surface area contributed by atoms with Crippen molar-refractivity contribution in [2.24, 2.45) is 0 Å². The van der Waals surface area contributed by atoms with Crippen LogP contribution in [0.2, 0.25) is 0 Å². The first-order valence-electron chi connectivity index (χ1n) is 8.57. The zero-order valence-corrected chi connectivity index (χ0v) is 16.1. The molecular weight excluding hydrogens is 360 g/mol. The van der Waals surface area contributed by atoms with Crippen LogP contribution in [0.15, 0.2) is 54.7 Å². The number of anilines is 3. The van der Waals surface area contributed by atoms with Crippen LogP contribution in [-0.2, 0) is 6.42 Å². The van der Waals surface area contributed by atoms with E-state index < -0.39 is 0 Å². The second-order valence-corrected chi connectivity index (χ2v) is 7.30. The van der Waals surface area contributed by atoms with Crippen molar-refractivity contribution >= 4 is 33.8 Å². The second-order valence-electron chi connectivity index (χ2n) is 6.27. The van der Waals surface area contributed by atoms with Crippen LogP contribution in [0.1, 0.15) is 15.2 Å². The van der Waals surface area contributed by atoms with E-state index in [-0.39, 0.29) is 11.7 Å². The number of phenolic OH excluding ortho intramolecular Hbond substituents is 1. The van der Waals surface area contributed by atoms with E-state index in [0.717, 1.165) is 16.9 Å². The molecule has 0 radical (unpaired) electrons. The zero-order chi connectivity index (χ0) is 19.2. The van der Waals surface area contributed by atoms with Crippen molar-refractivity contribution in [1.29, 1.82) is 0 Å². The SMILES string of the molecule is CN(C)c1cccc(Nc2ncc(C(=O)NCCc3ccc(O)cc3)s2)c1.